The van der Waals surface area contributed by atoms with Crippen molar-refractivity contribution in [2.45, 2.75) is 50.5 Å². The van der Waals surface area contributed by atoms with Gasteiger partial charge in [-0.1, -0.05) is 18.2 Å². The Morgan fingerprint density at radius 3 is 2.44 bits per heavy atom. The van der Waals surface area contributed by atoms with Crippen LogP contribution in [-0.2, 0) is 22.9 Å². The second kappa shape index (κ2) is 7.18. The molecule has 0 bridgehead atoms. The third kappa shape index (κ3) is 3.88. The van der Waals surface area contributed by atoms with E-state index in [-0.39, 0.29) is 10.9 Å². The van der Waals surface area contributed by atoms with Crippen molar-refractivity contribution in [2.24, 2.45) is 0 Å². The number of hydrogen-bond donors (Lipinski definition) is 1. The van der Waals surface area contributed by atoms with E-state index in [0.29, 0.717) is 5.75 Å². The largest absolute Gasteiger partial charge is 0.496 e. The average molecular weight is 359 g/mol. The summed E-state index contributed by atoms with van der Waals surface area (Å²) in [5.74, 6) is 0.682. The molecule has 2 aromatic carbocycles. The molecule has 3 rings (SSSR count). The van der Waals surface area contributed by atoms with Gasteiger partial charge in [-0.2, -0.15) is 0 Å². The van der Waals surface area contributed by atoms with Crippen LogP contribution in [0.5, 0.6) is 5.75 Å². The number of methoxy groups -OCH3 is 1. The molecule has 1 N–H and O–H groups in total. The van der Waals surface area contributed by atoms with Gasteiger partial charge in [0.05, 0.1) is 12.0 Å². The summed E-state index contributed by atoms with van der Waals surface area (Å²) in [6, 6.07) is 11.0. The van der Waals surface area contributed by atoms with Crippen LogP contribution in [-0.4, -0.2) is 15.5 Å². The van der Waals surface area contributed by atoms with Gasteiger partial charge in [0.15, 0.2) is 0 Å². The van der Waals surface area contributed by atoms with E-state index in [1.807, 2.05) is 19.9 Å². The molecule has 0 aliphatic heterocycles. The van der Waals surface area contributed by atoms with Crippen LogP contribution in [0, 0.1) is 6.92 Å². The summed E-state index contributed by atoms with van der Waals surface area (Å²) in [6.07, 6.45) is 4.66. The molecule has 134 valence electrons. The molecular formula is C20H25NO3S. The molecule has 0 unspecified atom stereocenters. The quantitative estimate of drug-likeness (QED) is 0.880. The number of rotatable bonds is 5. The molecule has 2 aromatic rings. The Kier molecular flexibility index (Phi) is 5.16. The van der Waals surface area contributed by atoms with E-state index in [1.165, 1.54) is 24.0 Å². The fourth-order valence-electron chi connectivity index (χ4n) is 3.41. The van der Waals surface area contributed by atoms with Gasteiger partial charge < -0.3 is 4.74 Å². The van der Waals surface area contributed by atoms with Gasteiger partial charge in [0.2, 0.25) is 10.0 Å². The molecule has 25 heavy (non-hydrogen) atoms. The maximum absolute atomic E-state index is 12.7. The van der Waals surface area contributed by atoms with Crippen molar-refractivity contribution in [3.8, 4) is 5.75 Å². The van der Waals surface area contributed by atoms with Gasteiger partial charge in [-0.25, -0.2) is 13.1 Å². The number of fused-ring (bicyclic) bond motifs is 1. The summed E-state index contributed by atoms with van der Waals surface area (Å²) >= 11 is 0. The molecule has 5 heteroatoms. The van der Waals surface area contributed by atoms with E-state index >= 15 is 0 Å². The second-order valence-corrected chi connectivity index (χ2v) is 8.42. The number of nitrogens with one attached hydrogen (secondary N) is 1. The first-order valence-electron chi connectivity index (χ1n) is 8.69. The van der Waals surface area contributed by atoms with Gasteiger partial charge >= 0.3 is 0 Å². The molecule has 1 aliphatic carbocycles. The van der Waals surface area contributed by atoms with Crippen LogP contribution in [0.2, 0.25) is 0 Å². The van der Waals surface area contributed by atoms with Gasteiger partial charge in [-0.05, 0) is 80.0 Å². The Hall–Kier alpha value is -1.85. The number of hydrogen-bond acceptors (Lipinski definition) is 3. The van der Waals surface area contributed by atoms with E-state index in [1.54, 1.807) is 25.3 Å². The van der Waals surface area contributed by atoms with Crippen LogP contribution in [0.4, 0.5) is 0 Å². The first kappa shape index (κ1) is 18.0. The fourth-order valence-corrected chi connectivity index (χ4v) is 4.73. The molecule has 0 saturated carbocycles. The van der Waals surface area contributed by atoms with Crippen molar-refractivity contribution in [3.05, 3.63) is 58.7 Å². The summed E-state index contributed by atoms with van der Waals surface area (Å²) in [5, 5.41) is 0. The highest BCUT2D eigenvalue weighted by atomic mass is 32.2. The predicted molar refractivity (Wildman–Crippen MR) is 99.6 cm³/mol. The zero-order valence-corrected chi connectivity index (χ0v) is 15.8. The van der Waals surface area contributed by atoms with Crippen LogP contribution in [0.3, 0.4) is 0 Å². The van der Waals surface area contributed by atoms with Crippen molar-refractivity contribution in [3.63, 3.8) is 0 Å². The maximum Gasteiger partial charge on any atom is 0.241 e. The lowest BCUT2D eigenvalue weighted by atomic mass is 9.89. The molecule has 1 aliphatic rings. The molecule has 0 amide bonds. The van der Waals surface area contributed by atoms with Crippen LogP contribution in [0.25, 0.3) is 0 Å². The Bertz CT molecular complexity index is 875. The lowest BCUT2D eigenvalue weighted by Crippen LogP contribution is -2.27. The fraction of sp³-hybridized carbons (Fsp3) is 0.400. The summed E-state index contributed by atoms with van der Waals surface area (Å²) in [5.41, 5.74) is 4.56. The third-order valence-electron chi connectivity index (χ3n) is 4.88. The zero-order chi connectivity index (χ0) is 18.0. The van der Waals surface area contributed by atoms with Gasteiger partial charge in [0.1, 0.15) is 5.75 Å². The van der Waals surface area contributed by atoms with E-state index < -0.39 is 10.0 Å². The molecule has 0 heterocycles. The number of aryl methyl sites for hydroxylation is 3. The summed E-state index contributed by atoms with van der Waals surface area (Å²) in [6.45, 7) is 3.73. The first-order valence-corrected chi connectivity index (χ1v) is 10.2. The van der Waals surface area contributed by atoms with E-state index in [4.69, 9.17) is 4.74 Å². The molecular weight excluding hydrogens is 334 g/mol. The smallest absolute Gasteiger partial charge is 0.241 e. The second-order valence-electron chi connectivity index (χ2n) is 6.71. The van der Waals surface area contributed by atoms with Crippen LogP contribution < -0.4 is 9.46 Å². The number of benzene rings is 2. The van der Waals surface area contributed by atoms with Crippen molar-refractivity contribution in [2.75, 3.05) is 7.11 Å². The average Bonchev–Trinajstić information content (AvgIpc) is 2.60. The summed E-state index contributed by atoms with van der Waals surface area (Å²) in [7, 11) is -2.01. The van der Waals surface area contributed by atoms with Gasteiger partial charge in [0, 0.05) is 6.04 Å². The van der Waals surface area contributed by atoms with Gasteiger partial charge in [0.25, 0.3) is 0 Å². The molecule has 1 atom stereocenters. The monoisotopic (exact) mass is 359 g/mol. The van der Waals surface area contributed by atoms with Gasteiger partial charge in [-0.3, -0.25) is 0 Å². The molecule has 0 spiro atoms. The normalized spacial score (nSPS) is 15.5. The van der Waals surface area contributed by atoms with Crippen LogP contribution >= 0.6 is 0 Å². The van der Waals surface area contributed by atoms with Crippen molar-refractivity contribution in [1.29, 1.82) is 0 Å². The lowest BCUT2D eigenvalue weighted by molar-refractivity contribution is 0.411. The predicted octanol–water partition coefficient (Wildman–Crippen LogP) is 3.92. The summed E-state index contributed by atoms with van der Waals surface area (Å²) in [4.78, 5) is 0.260. The Balaban J connectivity index is 1.81. The van der Waals surface area contributed by atoms with E-state index in [0.717, 1.165) is 24.0 Å². The highest BCUT2D eigenvalue weighted by molar-refractivity contribution is 7.89. The number of ether oxygens (including phenoxy) is 1. The third-order valence-corrected chi connectivity index (χ3v) is 6.42. The topological polar surface area (TPSA) is 55.4 Å². The Morgan fingerprint density at radius 2 is 1.76 bits per heavy atom. The molecule has 4 nitrogen and oxygen atoms in total. The van der Waals surface area contributed by atoms with Crippen molar-refractivity contribution < 1.29 is 13.2 Å². The Morgan fingerprint density at radius 1 is 1.04 bits per heavy atom. The zero-order valence-electron chi connectivity index (χ0n) is 15.0. The van der Waals surface area contributed by atoms with Crippen LogP contribution in [0.1, 0.15) is 48.1 Å². The number of sulfonamides is 1. The van der Waals surface area contributed by atoms with Crippen molar-refractivity contribution >= 4 is 10.0 Å². The summed E-state index contributed by atoms with van der Waals surface area (Å²) < 4.78 is 33.4. The highest BCUT2D eigenvalue weighted by Gasteiger charge is 2.20. The minimum Gasteiger partial charge on any atom is -0.496 e. The molecule has 0 saturated heterocycles. The maximum atomic E-state index is 12.7. The first-order chi connectivity index (χ1) is 11.9. The standard InChI is InChI=1S/C20H25NO3S/c1-14-12-19(10-11-20(14)24-3)25(22,23)21-15(2)17-9-8-16-6-4-5-7-18(16)13-17/h8-13,15,21H,4-7H2,1-3H3/t15-/m1/s1. The SMILES string of the molecule is COc1ccc(S(=O)(=O)N[C@H](C)c2ccc3c(c2)CCCC3)cc1C. The lowest BCUT2D eigenvalue weighted by Gasteiger charge is -2.20. The van der Waals surface area contributed by atoms with Crippen molar-refractivity contribution in [1.82, 2.24) is 4.72 Å². The molecule has 0 aromatic heterocycles. The van der Waals surface area contributed by atoms with E-state index in [9.17, 15) is 8.42 Å². The highest BCUT2D eigenvalue weighted by Crippen LogP contribution is 2.26. The Labute approximate surface area is 150 Å². The van der Waals surface area contributed by atoms with Gasteiger partial charge in [-0.15, -0.1) is 0 Å². The van der Waals surface area contributed by atoms with E-state index in [2.05, 4.69) is 16.9 Å². The van der Waals surface area contributed by atoms with Crippen LogP contribution in [0.15, 0.2) is 41.3 Å². The minimum absolute atomic E-state index is 0.260. The molecule has 0 radical (unpaired) electrons. The molecule has 0 fully saturated rings. The minimum atomic E-state index is -3.58.